The van der Waals surface area contributed by atoms with Crippen molar-refractivity contribution in [3.05, 3.63) is 52.9 Å². The summed E-state index contributed by atoms with van der Waals surface area (Å²) in [6.45, 7) is 4.38. The number of hydrogen-bond donors (Lipinski definition) is 1. The standard InChI is InChI=1S/C26H31N5O3S2/c1-5-14-31-23(17-10-9-11-18(15-17)30(2)3)28-29-26(31)35-16-21(32)27-24-22(25(33)34-4)19-12-7-6-8-13-20(19)36-24/h5,9-11,15H,1,6-8,12-14,16H2,2-4H3,(H,27,32). The van der Waals surface area contributed by atoms with E-state index in [1.54, 1.807) is 6.08 Å². The molecule has 0 atom stereocenters. The predicted octanol–water partition coefficient (Wildman–Crippen LogP) is 5.04. The molecule has 0 radical (unpaired) electrons. The van der Waals surface area contributed by atoms with Crippen molar-refractivity contribution < 1.29 is 14.3 Å². The van der Waals surface area contributed by atoms with Gasteiger partial charge in [-0.15, -0.1) is 28.1 Å². The molecule has 0 spiro atoms. The summed E-state index contributed by atoms with van der Waals surface area (Å²) in [5, 5.41) is 12.9. The molecule has 1 aromatic carbocycles. The van der Waals surface area contributed by atoms with Crippen molar-refractivity contribution in [3.63, 3.8) is 0 Å². The number of fused-ring (bicyclic) bond motifs is 1. The number of carbonyl (C=O) groups excluding carboxylic acids is 2. The van der Waals surface area contributed by atoms with E-state index in [9.17, 15) is 9.59 Å². The largest absolute Gasteiger partial charge is 0.465 e. The maximum Gasteiger partial charge on any atom is 0.341 e. The third-order valence-electron chi connectivity index (χ3n) is 6.05. The number of carbonyl (C=O) groups is 2. The first-order valence-corrected chi connectivity index (χ1v) is 13.7. The van der Waals surface area contributed by atoms with Crippen LogP contribution < -0.4 is 10.2 Å². The van der Waals surface area contributed by atoms with E-state index < -0.39 is 5.97 Å². The third kappa shape index (κ3) is 5.65. The number of aromatic nitrogens is 3. The molecule has 2 heterocycles. The molecule has 3 aromatic rings. The van der Waals surface area contributed by atoms with Crippen LogP contribution in [0.4, 0.5) is 10.7 Å². The number of hydrogen-bond acceptors (Lipinski definition) is 8. The Kier molecular flexibility index (Phi) is 8.48. The molecule has 10 heteroatoms. The Labute approximate surface area is 219 Å². The lowest BCUT2D eigenvalue weighted by Gasteiger charge is -2.14. The highest BCUT2D eigenvalue weighted by molar-refractivity contribution is 7.99. The third-order valence-corrected chi connectivity index (χ3v) is 8.22. The van der Waals surface area contributed by atoms with Gasteiger partial charge in [0.2, 0.25) is 5.91 Å². The molecule has 1 N–H and O–H groups in total. The first-order valence-electron chi connectivity index (χ1n) is 11.9. The number of thiophene rings is 1. The van der Waals surface area contributed by atoms with E-state index in [1.807, 2.05) is 41.8 Å². The average Bonchev–Trinajstić information content (AvgIpc) is 3.34. The number of esters is 1. The minimum atomic E-state index is -0.396. The van der Waals surface area contributed by atoms with Gasteiger partial charge in [0.1, 0.15) is 5.00 Å². The van der Waals surface area contributed by atoms with Crippen LogP contribution in [0.5, 0.6) is 0 Å². The van der Waals surface area contributed by atoms with Crippen LogP contribution >= 0.6 is 23.1 Å². The topological polar surface area (TPSA) is 89.3 Å². The molecule has 1 aliphatic rings. The molecule has 0 unspecified atom stereocenters. The number of anilines is 2. The Hall–Kier alpha value is -3.11. The van der Waals surface area contributed by atoms with Gasteiger partial charge in [-0.1, -0.05) is 36.4 Å². The van der Waals surface area contributed by atoms with Gasteiger partial charge in [-0.25, -0.2) is 4.79 Å². The second-order valence-electron chi connectivity index (χ2n) is 8.75. The Morgan fingerprint density at radius 1 is 1.25 bits per heavy atom. The Morgan fingerprint density at radius 2 is 2.06 bits per heavy atom. The second kappa shape index (κ2) is 11.7. The van der Waals surface area contributed by atoms with Gasteiger partial charge in [-0.2, -0.15) is 0 Å². The summed E-state index contributed by atoms with van der Waals surface area (Å²) in [5.74, 6) is 0.256. The summed E-state index contributed by atoms with van der Waals surface area (Å²) in [4.78, 5) is 28.7. The van der Waals surface area contributed by atoms with Crippen molar-refractivity contribution >= 4 is 45.7 Å². The van der Waals surface area contributed by atoms with E-state index in [0.29, 0.717) is 22.3 Å². The lowest BCUT2D eigenvalue weighted by Crippen LogP contribution is -2.16. The smallest absolute Gasteiger partial charge is 0.341 e. The van der Waals surface area contributed by atoms with Crippen LogP contribution in [0, 0.1) is 0 Å². The molecule has 0 aliphatic heterocycles. The number of aryl methyl sites for hydroxylation is 1. The molecule has 190 valence electrons. The summed E-state index contributed by atoms with van der Waals surface area (Å²) in [6.07, 6.45) is 6.83. The number of nitrogens with one attached hydrogen (secondary N) is 1. The molecular formula is C26H31N5O3S2. The van der Waals surface area contributed by atoms with Crippen LogP contribution in [-0.2, 0) is 28.9 Å². The molecule has 1 aliphatic carbocycles. The first-order chi connectivity index (χ1) is 17.4. The predicted molar refractivity (Wildman–Crippen MR) is 146 cm³/mol. The normalized spacial score (nSPS) is 13.0. The molecule has 2 aromatic heterocycles. The summed E-state index contributed by atoms with van der Waals surface area (Å²) in [5.41, 5.74) is 3.54. The van der Waals surface area contributed by atoms with Crippen LogP contribution in [-0.4, -0.2) is 53.6 Å². The van der Waals surface area contributed by atoms with Crippen LogP contribution in [0.3, 0.4) is 0 Å². The van der Waals surface area contributed by atoms with Crippen LogP contribution in [0.25, 0.3) is 11.4 Å². The van der Waals surface area contributed by atoms with Crippen LogP contribution in [0.15, 0.2) is 42.1 Å². The monoisotopic (exact) mass is 525 g/mol. The second-order valence-corrected chi connectivity index (χ2v) is 10.8. The maximum absolute atomic E-state index is 12.9. The van der Waals surface area contributed by atoms with Crippen molar-refractivity contribution in [2.45, 2.75) is 43.8 Å². The number of benzene rings is 1. The van der Waals surface area contributed by atoms with E-state index in [0.717, 1.165) is 54.7 Å². The molecular weight excluding hydrogens is 494 g/mol. The van der Waals surface area contributed by atoms with Gasteiger partial charge in [-0.3, -0.25) is 9.36 Å². The highest BCUT2D eigenvalue weighted by Gasteiger charge is 2.26. The van der Waals surface area contributed by atoms with Gasteiger partial charge in [-0.05, 0) is 43.4 Å². The summed E-state index contributed by atoms with van der Waals surface area (Å²) in [6, 6.07) is 8.07. The zero-order valence-corrected chi connectivity index (χ0v) is 22.5. The minimum Gasteiger partial charge on any atom is -0.465 e. The van der Waals surface area contributed by atoms with Gasteiger partial charge in [0, 0.05) is 36.8 Å². The molecule has 0 saturated carbocycles. The molecule has 0 saturated heterocycles. The Balaban J connectivity index is 1.51. The quantitative estimate of drug-likeness (QED) is 0.181. The zero-order valence-electron chi connectivity index (χ0n) is 20.9. The van der Waals surface area contributed by atoms with Gasteiger partial charge in [0.25, 0.3) is 0 Å². The zero-order chi connectivity index (χ0) is 25.7. The minimum absolute atomic E-state index is 0.135. The molecule has 0 bridgehead atoms. The molecule has 8 nitrogen and oxygen atoms in total. The SMILES string of the molecule is C=CCn1c(SCC(=O)Nc2sc3c(c2C(=O)OC)CCCCC3)nnc1-c1cccc(N(C)C)c1. The van der Waals surface area contributed by atoms with Gasteiger partial charge in [0.05, 0.1) is 18.4 Å². The lowest BCUT2D eigenvalue weighted by molar-refractivity contribution is -0.113. The molecule has 4 rings (SSSR count). The van der Waals surface area contributed by atoms with Gasteiger partial charge < -0.3 is 15.0 Å². The van der Waals surface area contributed by atoms with E-state index >= 15 is 0 Å². The van der Waals surface area contributed by atoms with E-state index in [-0.39, 0.29) is 11.7 Å². The number of amides is 1. The molecule has 36 heavy (non-hydrogen) atoms. The number of thioether (sulfide) groups is 1. The van der Waals surface area contributed by atoms with Gasteiger partial charge >= 0.3 is 5.97 Å². The lowest BCUT2D eigenvalue weighted by atomic mass is 10.1. The fourth-order valence-electron chi connectivity index (χ4n) is 4.27. The van der Waals surface area contributed by atoms with E-state index in [4.69, 9.17) is 4.74 Å². The summed E-state index contributed by atoms with van der Waals surface area (Å²) < 4.78 is 6.99. The van der Waals surface area contributed by atoms with Gasteiger partial charge in [0.15, 0.2) is 11.0 Å². The number of ether oxygens (including phenoxy) is 1. The highest BCUT2D eigenvalue weighted by Crippen LogP contribution is 2.38. The molecule has 1 amide bonds. The fourth-order valence-corrected chi connectivity index (χ4v) is 6.31. The van der Waals surface area contributed by atoms with E-state index in [2.05, 4.69) is 28.2 Å². The Bertz CT molecular complexity index is 1260. The Morgan fingerprint density at radius 3 is 2.81 bits per heavy atom. The van der Waals surface area contributed by atoms with E-state index in [1.165, 1.54) is 35.1 Å². The molecule has 0 fully saturated rings. The first kappa shape index (κ1) is 26.0. The average molecular weight is 526 g/mol. The fraction of sp³-hybridized carbons (Fsp3) is 0.385. The van der Waals surface area contributed by atoms with Crippen LogP contribution in [0.1, 0.15) is 40.1 Å². The van der Waals surface area contributed by atoms with Crippen LogP contribution in [0.2, 0.25) is 0 Å². The summed E-state index contributed by atoms with van der Waals surface area (Å²) >= 11 is 2.80. The van der Waals surface area contributed by atoms with Crippen molar-refractivity contribution in [2.75, 3.05) is 37.2 Å². The number of allylic oxidation sites excluding steroid dienone is 1. The number of nitrogens with zero attached hydrogens (tertiary/aromatic N) is 4. The number of rotatable bonds is 9. The van der Waals surface area contributed by atoms with Crippen molar-refractivity contribution in [2.24, 2.45) is 0 Å². The highest BCUT2D eigenvalue weighted by atomic mass is 32.2. The van der Waals surface area contributed by atoms with Crippen molar-refractivity contribution in [1.29, 1.82) is 0 Å². The van der Waals surface area contributed by atoms with Crippen molar-refractivity contribution in [1.82, 2.24) is 14.8 Å². The summed E-state index contributed by atoms with van der Waals surface area (Å²) in [7, 11) is 5.36. The number of methoxy groups -OCH3 is 1. The maximum atomic E-state index is 12.9. The van der Waals surface area contributed by atoms with Crippen molar-refractivity contribution in [3.8, 4) is 11.4 Å².